The first-order valence-corrected chi connectivity index (χ1v) is 10.4. The minimum atomic E-state index is 0.823. The van der Waals surface area contributed by atoms with Crippen LogP contribution in [0.3, 0.4) is 0 Å². The third-order valence-electron chi connectivity index (χ3n) is 3.97. The van der Waals surface area contributed by atoms with Crippen LogP contribution in [0.25, 0.3) is 11.0 Å². The van der Waals surface area contributed by atoms with E-state index >= 15 is 0 Å². The molecule has 0 atom stereocenters. The van der Waals surface area contributed by atoms with Crippen molar-refractivity contribution >= 4 is 34.6 Å². The number of thioether (sulfide) groups is 2. The fourth-order valence-corrected chi connectivity index (χ4v) is 4.50. The van der Waals surface area contributed by atoms with Gasteiger partial charge < -0.3 is 9.72 Å². The Kier molecular flexibility index (Phi) is 6.78. The molecule has 0 bridgehead atoms. The molecule has 25 heavy (non-hydrogen) atoms. The number of nitrogens with zero attached hydrogens (tertiary/aromatic N) is 2. The number of ether oxygens (including phenoxy) is 1. The van der Waals surface area contributed by atoms with E-state index in [1.165, 1.54) is 16.9 Å². The summed E-state index contributed by atoms with van der Waals surface area (Å²) in [5.74, 6) is 1.94. The average Bonchev–Trinajstić information content (AvgIpc) is 3.05. The summed E-state index contributed by atoms with van der Waals surface area (Å²) in [6.07, 6.45) is 4.20. The van der Waals surface area contributed by atoms with E-state index in [-0.39, 0.29) is 0 Å². The first kappa shape index (κ1) is 18.3. The highest BCUT2D eigenvalue weighted by molar-refractivity contribution is 7.99. The zero-order valence-electron chi connectivity index (χ0n) is 14.6. The van der Waals surface area contributed by atoms with Crippen LogP contribution in [-0.2, 0) is 10.5 Å². The maximum Gasteiger partial charge on any atom is 0.166 e. The van der Waals surface area contributed by atoms with E-state index in [4.69, 9.17) is 4.74 Å². The highest BCUT2D eigenvalue weighted by Crippen LogP contribution is 2.28. The molecule has 3 aromatic rings. The zero-order valence-corrected chi connectivity index (χ0v) is 16.3. The summed E-state index contributed by atoms with van der Waals surface area (Å²) in [5, 5.41) is 0.944. The monoisotopic (exact) mass is 373 g/mol. The minimum absolute atomic E-state index is 0.823. The minimum Gasteiger partial charge on any atom is -0.385 e. The molecule has 0 unspecified atom stereocenters. The number of aromatic amines is 1. The van der Waals surface area contributed by atoms with E-state index in [9.17, 15) is 0 Å². The first-order valence-electron chi connectivity index (χ1n) is 8.41. The SMILES string of the molecule is COCCCCSc1ccnc(CSc2nc3ccccc3[nH]2)c1C. The normalized spacial score (nSPS) is 11.3. The molecule has 0 fully saturated rings. The van der Waals surface area contributed by atoms with Gasteiger partial charge in [-0.15, -0.1) is 11.8 Å². The van der Waals surface area contributed by atoms with Crippen LogP contribution in [0, 0.1) is 6.92 Å². The quantitative estimate of drug-likeness (QED) is 0.419. The van der Waals surface area contributed by atoms with Crippen molar-refractivity contribution in [3.05, 3.63) is 47.8 Å². The van der Waals surface area contributed by atoms with Crippen LogP contribution in [0.15, 0.2) is 46.6 Å². The number of benzene rings is 1. The molecule has 0 saturated carbocycles. The van der Waals surface area contributed by atoms with Crippen LogP contribution in [0.1, 0.15) is 24.1 Å². The van der Waals surface area contributed by atoms with Gasteiger partial charge in [0.25, 0.3) is 0 Å². The zero-order chi connectivity index (χ0) is 17.5. The van der Waals surface area contributed by atoms with Crippen LogP contribution < -0.4 is 0 Å². The van der Waals surface area contributed by atoms with Gasteiger partial charge in [0.05, 0.1) is 16.7 Å². The standard InChI is InChI=1S/C19H23N3OS2/c1-14-17(20-10-9-18(14)24-12-6-5-11-23-2)13-25-19-21-15-7-3-4-8-16(15)22-19/h3-4,7-10H,5-6,11-13H2,1-2H3,(H,21,22). The summed E-state index contributed by atoms with van der Waals surface area (Å²) in [7, 11) is 1.76. The number of methoxy groups -OCH3 is 1. The lowest BCUT2D eigenvalue weighted by Gasteiger charge is -2.09. The number of fused-ring (bicyclic) bond motifs is 1. The van der Waals surface area contributed by atoms with Crippen molar-refractivity contribution in [3.8, 4) is 0 Å². The van der Waals surface area contributed by atoms with Crippen molar-refractivity contribution in [1.29, 1.82) is 0 Å². The number of unbranched alkanes of at least 4 members (excludes halogenated alkanes) is 1. The van der Waals surface area contributed by atoms with Gasteiger partial charge in [-0.1, -0.05) is 23.9 Å². The van der Waals surface area contributed by atoms with E-state index in [0.29, 0.717) is 0 Å². The number of rotatable bonds is 9. The molecule has 0 aliphatic rings. The lowest BCUT2D eigenvalue weighted by atomic mass is 10.2. The lowest BCUT2D eigenvalue weighted by molar-refractivity contribution is 0.194. The Hall–Kier alpha value is -1.50. The van der Waals surface area contributed by atoms with Crippen LogP contribution in [-0.4, -0.2) is 34.4 Å². The summed E-state index contributed by atoms with van der Waals surface area (Å²) < 4.78 is 5.10. The average molecular weight is 374 g/mol. The molecule has 132 valence electrons. The molecule has 6 heteroatoms. The van der Waals surface area contributed by atoms with Crippen LogP contribution in [0.5, 0.6) is 0 Å². The van der Waals surface area contributed by atoms with E-state index < -0.39 is 0 Å². The molecule has 1 aromatic carbocycles. The van der Waals surface area contributed by atoms with Gasteiger partial charge in [0.15, 0.2) is 5.16 Å². The molecule has 0 amide bonds. The maximum absolute atomic E-state index is 5.10. The highest BCUT2D eigenvalue weighted by Gasteiger charge is 2.09. The fourth-order valence-electron chi connectivity index (χ4n) is 2.53. The van der Waals surface area contributed by atoms with Crippen molar-refractivity contribution < 1.29 is 4.74 Å². The van der Waals surface area contributed by atoms with Gasteiger partial charge >= 0.3 is 0 Å². The van der Waals surface area contributed by atoms with E-state index in [1.807, 2.05) is 36.2 Å². The van der Waals surface area contributed by atoms with Crippen molar-refractivity contribution in [2.75, 3.05) is 19.5 Å². The van der Waals surface area contributed by atoms with Gasteiger partial charge in [-0.25, -0.2) is 4.98 Å². The van der Waals surface area contributed by atoms with Crippen LogP contribution in [0.2, 0.25) is 0 Å². The first-order chi connectivity index (χ1) is 12.3. The van der Waals surface area contributed by atoms with Gasteiger partial charge in [-0.3, -0.25) is 4.98 Å². The van der Waals surface area contributed by atoms with Crippen LogP contribution >= 0.6 is 23.5 Å². The molecule has 4 nitrogen and oxygen atoms in total. The molecule has 0 aliphatic heterocycles. The summed E-state index contributed by atoms with van der Waals surface area (Å²) in [4.78, 5) is 13.9. The number of pyridine rings is 1. The molecule has 0 radical (unpaired) electrons. The molecule has 0 saturated heterocycles. The van der Waals surface area contributed by atoms with Gasteiger partial charge in [0, 0.05) is 30.6 Å². The highest BCUT2D eigenvalue weighted by atomic mass is 32.2. The Morgan fingerprint density at radius 2 is 2.00 bits per heavy atom. The Labute approximate surface area is 157 Å². The summed E-state index contributed by atoms with van der Waals surface area (Å²) in [6, 6.07) is 10.2. The number of nitrogens with one attached hydrogen (secondary N) is 1. The Balaban J connectivity index is 1.59. The molecular formula is C19H23N3OS2. The Morgan fingerprint density at radius 1 is 1.12 bits per heavy atom. The lowest BCUT2D eigenvalue weighted by Crippen LogP contribution is -1.95. The Morgan fingerprint density at radius 3 is 2.84 bits per heavy atom. The molecule has 2 aromatic heterocycles. The molecule has 2 heterocycles. The fraction of sp³-hybridized carbons (Fsp3) is 0.368. The molecule has 0 aliphatic carbocycles. The summed E-state index contributed by atoms with van der Waals surface area (Å²) in [5.41, 5.74) is 4.50. The second-order valence-electron chi connectivity index (χ2n) is 5.78. The number of imidazole rings is 1. The number of aromatic nitrogens is 3. The summed E-state index contributed by atoms with van der Waals surface area (Å²) in [6.45, 7) is 3.01. The van der Waals surface area contributed by atoms with E-state index in [0.717, 1.165) is 46.4 Å². The molecular weight excluding hydrogens is 350 g/mol. The largest absolute Gasteiger partial charge is 0.385 e. The molecule has 0 spiro atoms. The number of H-pyrrole nitrogens is 1. The Bertz CT molecular complexity index is 786. The van der Waals surface area contributed by atoms with Crippen molar-refractivity contribution in [1.82, 2.24) is 15.0 Å². The molecule has 1 N–H and O–H groups in total. The van der Waals surface area contributed by atoms with Crippen molar-refractivity contribution in [2.45, 2.75) is 35.6 Å². The number of hydrogen-bond donors (Lipinski definition) is 1. The third-order valence-corrected chi connectivity index (χ3v) is 6.10. The molecule has 3 rings (SSSR count). The second kappa shape index (κ2) is 9.27. The second-order valence-corrected chi connectivity index (χ2v) is 7.88. The van der Waals surface area contributed by atoms with E-state index in [2.05, 4.69) is 34.0 Å². The van der Waals surface area contributed by atoms with Crippen molar-refractivity contribution in [2.24, 2.45) is 0 Å². The van der Waals surface area contributed by atoms with Gasteiger partial charge in [-0.2, -0.15) is 0 Å². The third kappa shape index (κ3) is 5.00. The van der Waals surface area contributed by atoms with E-state index in [1.54, 1.807) is 18.9 Å². The van der Waals surface area contributed by atoms with Crippen molar-refractivity contribution in [3.63, 3.8) is 0 Å². The maximum atomic E-state index is 5.10. The summed E-state index contributed by atoms with van der Waals surface area (Å²) >= 11 is 3.61. The predicted octanol–water partition coefficient (Wildman–Crippen LogP) is 5.08. The van der Waals surface area contributed by atoms with Gasteiger partial charge in [-0.05, 0) is 49.3 Å². The van der Waals surface area contributed by atoms with Gasteiger partial charge in [0.1, 0.15) is 0 Å². The van der Waals surface area contributed by atoms with Crippen LogP contribution in [0.4, 0.5) is 0 Å². The topological polar surface area (TPSA) is 50.8 Å². The smallest absolute Gasteiger partial charge is 0.166 e. The number of para-hydroxylation sites is 2. The predicted molar refractivity (Wildman–Crippen MR) is 106 cm³/mol. The van der Waals surface area contributed by atoms with Gasteiger partial charge in [0.2, 0.25) is 0 Å². The number of hydrogen-bond acceptors (Lipinski definition) is 5.